The van der Waals surface area contributed by atoms with Crippen LogP contribution in [0, 0.1) is 0 Å². The molecule has 15 heavy (non-hydrogen) atoms. The van der Waals surface area contributed by atoms with E-state index in [9.17, 15) is 4.79 Å². The number of benzene rings is 1. The highest BCUT2D eigenvalue weighted by atomic mass is 35.5. The minimum absolute atomic E-state index is 0.00931. The lowest BCUT2D eigenvalue weighted by Gasteiger charge is -2.04. The lowest BCUT2D eigenvalue weighted by atomic mass is 10.1. The van der Waals surface area contributed by atoms with Gasteiger partial charge in [0.05, 0.1) is 6.42 Å². The zero-order chi connectivity index (χ0) is 11.1. The fourth-order valence-corrected chi connectivity index (χ4v) is 1.39. The van der Waals surface area contributed by atoms with Crippen LogP contribution in [0.3, 0.4) is 0 Å². The molecule has 2 nitrogen and oxygen atoms in total. The van der Waals surface area contributed by atoms with E-state index in [-0.39, 0.29) is 5.91 Å². The summed E-state index contributed by atoms with van der Waals surface area (Å²) in [6.45, 7) is 4.21. The van der Waals surface area contributed by atoms with Crippen molar-refractivity contribution in [1.82, 2.24) is 5.32 Å². The van der Waals surface area contributed by atoms with Gasteiger partial charge in [-0.3, -0.25) is 4.79 Å². The molecule has 1 N–H and O–H groups in total. The maximum Gasteiger partial charge on any atom is 0.224 e. The molecule has 0 aromatic heterocycles. The number of nitrogens with one attached hydrogen (secondary N) is 1. The zero-order valence-corrected chi connectivity index (χ0v) is 9.26. The molecule has 0 aliphatic heterocycles. The van der Waals surface area contributed by atoms with E-state index in [1.165, 1.54) is 0 Å². The topological polar surface area (TPSA) is 29.1 Å². The molecule has 1 rings (SSSR count). The molecule has 0 atom stereocenters. The third-order valence-electron chi connectivity index (χ3n) is 1.98. The number of hydrogen-bond donors (Lipinski definition) is 1. The lowest BCUT2D eigenvalue weighted by molar-refractivity contribution is -0.120. The first kappa shape index (κ1) is 11.8. The van der Waals surface area contributed by atoms with Gasteiger partial charge in [-0.15, -0.1) is 6.58 Å². The third-order valence-corrected chi connectivity index (χ3v) is 2.35. The van der Waals surface area contributed by atoms with Crippen molar-refractivity contribution in [3.8, 4) is 0 Å². The summed E-state index contributed by atoms with van der Waals surface area (Å²) in [4.78, 5) is 11.4. The molecule has 3 heteroatoms. The molecule has 1 aromatic rings. The van der Waals surface area contributed by atoms with Crippen molar-refractivity contribution in [2.75, 3.05) is 6.54 Å². The van der Waals surface area contributed by atoms with Gasteiger partial charge in [0.1, 0.15) is 0 Å². The van der Waals surface area contributed by atoms with E-state index in [4.69, 9.17) is 11.6 Å². The summed E-state index contributed by atoms with van der Waals surface area (Å²) in [6, 6.07) is 7.36. The summed E-state index contributed by atoms with van der Waals surface area (Å²) in [5.41, 5.74) is 0.857. The van der Waals surface area contributed by atoms with E-state index < -0.39 is 0 Å². The van der Waals surface area contributed by atoms with Crippen molar-refractivity contribution < 1.29 is 4.79 Å². The van der Waals surface area contributed by atoms with Gasteiger partial charge < -0.3 is 5.32 Å². The quantitative estimate of drug-likeness (QED) is 0.603. The molecule has 0 aliphatic carbocycles. The minimum atomic E-state index is -0.00931. The van der Waals surface area contributed by atoms with Crippen molar-refractivity contribution in [2.45, 2.75) is 12.8 Å². The van der Waals surface area contributed by atoms with E-state index >= 15 is 0 Å². The molecule has 0 radical (unpaired) electrons. The van der Waals surface area contributed by atoms with Crippen LogP contribution in [0.1, 0.15) is 12.0 Å². The van der Waals surface area contributed by atoms with Crippen LogP contribution in [-0.4, -0.2) is 12.5 Å². The number of rotatable bonds is 5. The molecule has 1 amide bonds. The zero-order valence-electron chi connectivity index (χ0n) is 8.50. The van der Waals surface area contributed by atoms with Gasteiger partial charge in [0.25, 0.3) is 0 Å². The number of halogens is 1. The Morgan fingerprint density at radius 2 is 2.20 bits per heavy atom. The molecule has 0 saturated carbocycles. The van der Waals surface area contributed by atoms with Gasteiger partial charge in [0, 0.05) is 11.6 Å². The van der Waals surface area contributed by atoms with E-state index in [0.29, 0.717) is 18.0 Å². The number of hydrogen-bond acceptors (Lipinski definition) is 1. The first-order valence-corrected chi connectivity index (χ1v) is 5.23. The molecule has 80 valence electrons. The average Bonchev–Trinajstić information content (AvgIpc) is 2.22. The number of amides is 1. The summed E-state index contributed by atoms with van der Waals surface area (Å²) < 4.78 is 0. The van der Waals surface area contributed by atoms with Gasteiger partial charge in [-0.1, -0.05) is 35.9 Å². The molecule has 0 spiro atoms. The van der Waals surface area contributed by atoms with Gasteiger partial charge in [0.2, 0.25) is 5.91 Å². The van der Waals surface area contributed by atoms with E-state index in [1.54, 1.807) is 12.1 Å². The fourth-order valence-electron chi connectivity index (χ4n) is 1.19. The Labute approximate surface area is 94.9 Å². The monoisotopic (exact) mass is 223 g/mol. The van der Waals surface area contributed by atoms with Crippen LogP contribution in [-0.2, 0) is 11.2 Å². The fraction of sp³-hybridized carbons (Fsp3) is 0.250. The van der Waals surface area contributed by atoms with Gasteiger partial charge in [-0.25, -0.2) is 0 Å². The highest BCUT2D eigenvalue weighted by molar-refractivity contribution is 6.31. The summed E-state index contributed by atoms with van der Waals surface area (Å²) in [6.07, 6.45) is 2.89. The molecule has 1 aromatic carbocycles. The molecule has 0 aliphatic rings. The Morgan fingerprint density at radius 1 is 1.47 bits per heavy atom. The maximum atomic E-state index is 11.4. The lowest BCUT2D eigenvalue weighted by Crippen LogP contribution is -2.25. The SMILES string of the molecule is C=CCCNC(=O)Cc1ccccc1Cl. The Hall–Kier alpha value is -1.28. The molecule has 0 saturated heterocycles. The van der Waals surface area contributed by atoms with Crippen LogP contribution in [0.5, 0.6) is 0 Å². The van der Waals surface area contributed by atoms with Crippen LogP contribution in [0.2, 0.25) is 5.02 Å². The van der Waals surface area contributed by atoms with Crippen LogP contribution in [0.4, 0.5) is 0 Å². The van der Waals surface area contributed by atoms with Gasteiger partial charge in [-0.2, -0.15) is 0 Å². The minimum Gasteiger partial charge on any atom is -0.356 e. The Balaban J connectivity index is 2.44. The highest BCUT2D eigenvalue weighted by Gasteiger charge is 2.04. The van der Waals surface area contributed by atoms with Crippen molar-refractivity contribution in [1.29, 1.82) is 0 Å². The first-order valence-electron chi connectivity index (χ1n) is 4.85. The second kappa shape index (κ2) is 6.25. The molecule has 0 bridgehead atoms. The van der Waals surface area contributed by atoms with Crippen LogP contribution in [0.15, 0.2) is 36.9 Å². The van der Waals surface area contributed by atoms with Crippen LogP contribution < -0.4 is 5.32 Å². The van der Waals surface area contributed by atoms with Crippen LogP contribution >= 0.6 is 11.6 Å². The highest BCUT2D eigenvalue weighted by Crippen LogP contribution is 2.14. The molecule has 0 unspecified atom stereocenters. The van der Waals surface area contributed by atoms with Gasteiger partial charge in [-0.05, 0) is 18.1 Å². The second-order valence-corrected chi connectivity index (χ2v) is 3.60. The molecule has 0 fully saturated rings. The largest absolute Gasteiger partial charge is 0.356 e. The van der Waals surface area contributed by atoms with E-state index in [0.717, 1.165) is 12.0 Å². The van der Waals surface area contributed by atoms with Crippen molar-refractivity contribution in [3.63, 3.8) is 0 Å². The van der Waals surface area contributed by atoms with Crippen molar-refractivity contribution in [2.24, 2.45) is 0 Å². The third kappa shape index (κ3) is 4.17. The summed E-state index contributed by atoms with van der Waals surface area (Å²) in [5, 5.41) is 3.43. The maximum absolute atomic E-state index is 11.4. The number of carbonyl (C=O) groups is 1. The normalized spacial score (nSPS) is 9.67. The Bertz CT molecular complexity index is 349. The summed E-state index contributed by atoms with van der Waals surface area (Å²) in [7, 11) is 0. The van der Waals surface area contributed by atoms with E-state index in [2.05, 4.69) is 11.9 Å². The van der Waals surface area contributed by atoms with Crippen molar-refractivity contribution >= 4 is 17.5 Å². The summed E-state index contributed by atoms with van der Waals surface area (Å²) in [5.74, 6) is -0.00931. The predicted octanol–water partition coefficient (Wildman–Crippen LogP) is 2.57. The van der Waals surface area contributed by atoms with Crippen LogP contribution in [0.25, 0.3) is 0 Å². The van der Waals surface area contributed by atoms with Gasteiger partial charge in [0.15, 0.2) is 0 Å². The Morgan fingerprint density at radius 3 is 2.87 bits per heavy atom. The summed E-state index contributed by atoms with van der Waals surface area (Å²) >= 11 is 5.93. The Kier molecular flexibility index (Phi) is 4.91. The molecular formula is C12H14ClNO. The van der Waals surface area contributed by atoms with E-state index in [1.807, 2.05) is 18.2 Å². The standard InChI is InChI=1S/C12H14ClNO/c1-2-3-8-14-12(15)9-10-6-4-5-7-11(10)13/h2,4-7H,1,3,8-9H2,(H,14,15). The van der Waals surface area contributed by atoms with Gasteiger partial charge >= 0.3 is 0 Å². The smallest absolute Gasteiger partial charge is 0.224 e. The second-order valence-electron chi connectivity index (χ2n) is 3.20. The average molecular weight is 224 g/mol. The first-order chi connectivity index (χ1) is 7.24. The molecular weight excluding hydrogens is 210 g/mol. The van der Waals surface area contributed by atoms with Crippen molar-refractivity contribution in [3.05, 3.63) is 47.5 Å². The molecule has 0 heterocycles. The number of carbonyl (C=O) groups excluding carboxylic acids is 1. The predicted molar refractivity (Wildman–Crippen MR) is 63.0 cm³/mol.